The van der Waals surface area contributed by atoms with Gasteiger partial charge in [0.1, 0.15) is 5.82 Å². The third-order valence-corrected chi connectivity index (χ3v) is 4.35. The van der Waals surface area contributed by atoms with Gasteiger partial charge in [-0.3, -0.25) is 5.10 Å². The number of anilines is 2. The van der Waals surface area contributed by atoms with Crippen molar-refractivity contribution in [3.63, 3.8) is 0 Å². The molecule has 1 aliphatic carbocycles. The van der Waals surface area contributed by atoms with Gasteiger partial charge in [0.05, 0.1) is 11.6 Å². The van der Waals surface area contributed by atoms with Gasteiger partial charge in [-0.2, -0.15) is 15.1 Å². The van der Waals surface area contributed by atoms with E-state index in [9.17, 15) is 0 Å². The summed E-state index contributed by atoms with van der Waals surface area (Å²) in [6, 6.07) is 0.439. The first-order valence-corrected chi connectivity index (χ1v) is 7.25. The maximum atomic E-state index is 4.56. The van der Waals surface area contributed by atoms with E-state index in [-0.39, 0.29) is 0 Å². The molecule has 1 fully saturated rings. The van der Waals surface area contributed by atoms with Gasteiger partial charge in [-0.1, -0.05) is 26.7 Å². The number of hydrogen-bond acceptors (Lipinski definition) is 5. The minimum absolute atomic E-state index is 0.291. The third kappa shape index (κ3) is 2.30. The van der Waals surface area contributed by atoms with Crippen molar-refractivity contribution >= 4 is 22.8 Å². The van der Waals surface area contributed by atoms with Crippen molar-refractivity contribution in [1.82, 2.24) is 20.2 Å². The summed E-state index contributed by atoms with van der Waals surface area (Å²) in [5, 5.41) is 14.6. The molecule has 2 heterocycles. The molecular weight excluding hydrogens is 252 g/mol. The van der Waals surface area contributed by atoms with E-state index in [0.717, 1.165) is 16.9 Å². The van der Waals surface area contributed by atoms with Crippen LogP contribution in [0.15, 0.2) is 6.20 Å². The summed E-state index contributed by atoms with van der Waals surface area (Å²) >= 11 is 0. The molecule has 2 aromatic rings. The van der Waals surface area contributed by atoms with Gasteiger partial charge in [0, 0.05) is 13.1 Å². The molecule has 0 spiro atoms. The first-order valence-electron chi connectivity index (χ1n) is 7.25. The second kappa shape index (κ2) is 4.92. The van der Waals surface area contributed by atoms with E-state index in [4.69, 9.17) is 0 Å². The fourth-order valence-electron chi connectivity index (χ4n) is 2.98. The Labute approximate surface area is 118 Å². The molecule has 0 aliphatic heterocycles. The highest BCUT2D eigenvalue weighted by Crippen LogP contribution is 2.37. The summed E-state index contributed by atoms with van der Waals surface area (Å²) < 4.78 is 0. The van der Waals surface area contributed by atoms with E-state index in [1.165, 1.54) is 25.7 Å². The molecule has 1 unspecified atom stereocenters. The van der Waals surface area contributed by atoms with Crippen LogP contribution in [0.5, 0.6) is 0 Å². The second-order valence-electron chi connectivity index (χ2n) is 6.21. The minimum atomic E-state index is 0.291. The lowest BCUT2D eigenvalue weighted by molar-refractivity contribution is 0.217. The zero-order chi connectivity index (χ0) is 14.2. The van der Waals surface area contributed by atoms with Gasteiger partial charge in [0.15, 0.2) is 5.65 Å². The Bertz CT molecular complexity index is 603. The number of rotatable bonds is 3. The van der Waals surface area contributed by atoms with Crippen molar-refractivity contribution < 1.29 is 0 Å². The molecule has 0 amide bonds. The van der Waals surface area contributed by atoms with Crippen LogP contribution in [-0.4, -0.2) is 33.3 Å². The van der Waals surface area contributed by atoms with Gasteiger partial charge in [0.2, 0.25) is 5.95 Å². The Balaban J connectivity index is 1.95. The summed E-state index contributed by atoms with van der Waals surface area (Å²) in [5.74, 6) is 1.48. The minimum Gasteiger partial charge on any atom is -0.366 e. The molecular formula is C14H22N6. The molecule has 0 radical (unpaired) electrons. The van der Waals surface area contributed by atoms with Gasteiger partial charge in [0.25, 0.3) is 0 Å². The van der Waals surface area contributed by atoms with Crippen LogP contribution in [0.2, 0.25) is 0 Å². The second-order valence-corrected chi connectivity index (χ2v) is 6.21. The van der Waals surface area contributed by atoms with Crippen LogP contribution < -0.4 is 10.6 Å². The zero-order valence-corrected chi connectivity index (χ0v) is 12.3. The number of hydrogen-bond donors (Lipinski definition) is 3. The topological polar surface area (TPSA) is 78.5 Å². The summed E-state index contributed by atoms with van der Waals surface area (Å²) in [6.45, 7) is 4.66. The van der Waals surface area contributed by atoms with Gasteiger partial charge in [-0.25, -0.2) is 0 Å². The van der Waals surface area contributed by atoms with Crippen molar-refractivity contribution in [3.05, 3.63) is 6.20 Å². The lowest BCUT2D eigenvalue weighted by Crippen LogP contribution is -2.39. The molecule has 1 saturated carbocycles. The van der Waals surface area contributed by atoms with Crippen LogP contribution in [0.25, 0.3) is 11.0 Å². The normalized spacial score (nSPS) is 21.9. The van der Waals surface area contributed by atoms with E-state index >= 15 is 0 Å². The summed E-state index contributed by atoms with van der Waals surface area (Å²) in [7, 11) is 1.83. The van der Waals surface area contributed by atoms with Crippen LogP contribution in [0, 0.1) is 5.41 Å². The number of aromatic nitrogens is 4. The van der Waals surface area contributed by atoms with Gasteiger partial charge in [-0.05, 0) is 18.3 Å². The highest BCUT2D eigenvalue weighted by atomic mass is 15.2. The van der Waals surface area contributed by atoms with Gasteiger partial charge < -0.3 is 10.6 Å². The van der Waals surface area contributed by atoms with Crippen molar-refractivity contribution in [2.45, 2.75) is 45.6 Å². The summed E-state index contributed by atoms with van der Waals surface area (Å²) in [6.07, 6.45) is 6.82. The quantitative estimate of drug-likeness (QED) is 0.802. The SMILES string of the molecule is CNc1nc(NC2CCCCC2(C)C)c2cn[nH]c2n1. The first-order chi connectivity index (χ1) is 9.60. The van der Waals surface area contributed by atoms with E-state index in [1.807, 2.05) is 7.05 Å². The molecule has 6 heteroatoms. The van der Waals surface area contributed by atoms with Crippen LogP contribution in [0.1, 0.15) is 39.5 Å². The number of nitrogens with zero attached hydrogens (tertiary/aromatic N) is 3. The van der Waals surface area contributed by atoms with Crippen molar-refractivity contribution in [2.75, 3.05) is 17.7 Å². The van der Waals surface area contributed by atoms with E-state index in [0.29, 0.717) is 17.4 Å². The number of nitrogens with one attached hydrogen (secondary N) is 3. The molecule has 2 aromatic heterocycles. The third-order valence-electron chi connectivity index (χ3n) is 4.35. The molecule has 1 aliphatic rings. The van der Waals surface area contributed by atoms with Crippen molar-refractivity contribution in [2.24, 2.45) is 5.41 Å². The molecule has 3 rings (SSSR count). The van der Waals surface area contributed by atoms with Crippen LogP contribution >= 0.6 is 0 Å². The van der Waals surface area contributed by atoms with E-state index in [2.05, 4.69) is 44.6 Å². The molecule has 1 atom stereocenters. The Morgan fingerprint density at radius 2 is 2.15 bits per heavy atom. The lowest BCUT2D eigenvalue weighted by Gasteiger charge is -2.39. The fraction of sp³-hybridized carbons (Fsp3) is 0.643. The predicted molar refractivity (Wildman–Crippen MR) is 80.9 cm³/mol. The smallest absolute Gasteiger partial charge is 0.226 e. The molecule has 0 aromatic carbocycles. The molecule has 3 N–H and O–H groups in total. The summed E-state index contributed by atoms with van der Waals surface area (Å²) in [4.78, 5) is 8.92. The Morgan fingerprint density at radius 3 is 2.90 bits per heavy atom. The Hall–Kier alpha value is -1.85. The number of aromatic amines is 1. The van der Waals surface area contributed by atoms with Crippen LogP contribution in [0.3, 0.4) is 0 Å². The predicted octanol–water partition coefficient (Wildman–Crippen LogP) is 2.78. The fourth-order valence-corrected chi connectivity index (χ4v) is 2.98. The standard InChI is InChI=1S/C14H22N6/c1-14(2)7-5-4-6-10(14)17-11-9-8-16-20-12(9)19-13(15-3)18-11/h8,10H,4-7H2,1-3H3,(H3,15,16,17,18,19,20). The number of fused-ring (bicyclic) bond motifs is 1. The first kappa shape index (κ1) is 13.1. The maximum Gasteiger partial charge on any atom is 0.226 e. The van der Waals surface area contributed by atoms with Gasteiger partial charge >= 0.3 is 0 Å². The Kier molecular flexibility index (Phi) is 3.23. The molecule has 20 heavy (non-hydrogen) atoms. The van der Waals surface area contributed by atoms with Crippen LogP contribution in [-0.2, 0) is 0 Å². The highest BCUT2D eigenvalue weighted by molar-refractivity contribution is 5.87. The maximum absolute atomic E-state index is 4.56. The number of H-pyrrole nitrogens is 1. The Morgan fingerprint density at radius 1 is 1.30 bits per heavy atom. The lowest BCUT2D eigenvalue weighted by atomic mass is 9.73. The average molecular weight is 274 g/mol. The van der Waals surface area contributed by atoms with Crippen molar-refractivity contribution in [3.8, 4) is 0 Å². The van der Waals surface area contributed by atoms with Gasteiger partial charge in [-0.15, -0.1) is 0 Å². The average Bonchev–Trinajstić information content (AvgIpc) is 2.89. The van der Waals surface area contributed by atoms with Crippen molar-refractivity contribution in [1.29, 1.82) is 0 Å². The molecule has 6 nitrogen and oxygen atoms in total. The summed E-state index contributed by atoms with van der Waals surface area (Å²) in [5.41, 5.74) is 1.06. The largest absolute Gasteiger partial charge is 0.366 e. The zero-order valence-electron chi connectivity index (χ0n) is 12.3. The van der Waals surface area contributed by atoms with E-state index in [1.54, 1.807) is 6.20 Å². The monoisotopic (exact) mass is 274 g/mol. The molecule has 0 bridgehead atoms. The molecule has 0 saturated heterocycles. The van der Waals surface area contributed by atoms with E-state index < -0.39 is 0 Å². The highest BCUT2D eigenvalue weighted by Gasteiger charge is 2.32. The molecule has 108 valence electrons. The van der Waals surface area contributed by atoms with Crippen LogP contribution in [0.4, 0.5) is 11.8 Å².